The van der Waals surface area contributed by atoms with Crippen molar-refractivity contribution in [2.75, 3.05) is 14.1 Å². The van der Waals surface area contributed by atoms with Crippen LogP contribution in [0.25, 0.3) is 10.9 Å². The topological polar surface area (TPSA) is 45.2 Å². The molecule has 1 unspecified atom stereocenters. The van der Waals surface area contributed by atoms with E-state index in [1.165, 1.54) is 0 Å². The van der Waals surface area contributed by atoms with Gasteiger partial charge in [-0.3, -0.25) is 4.79 Å². The third-order valence-corrected chi connectivity index (χ3v) is 7.41. The molecule has 3 aromatic rings. The quantitative estimate of drug-likeness (QED) is 0.521. The first-order valence-corrected chi connectivity index (χ1v) is 11.5. The van der Waals surface area contributed by atoms with Gasteiger partial charge in [-0.15, -0.1) is 11.3 Å². The number of aromatic nitrogens is 1. The van der Waals surface area contributed by atoms with Gasteiger partial charge >= 0.3 is 6.18 Å². The fourth-order valence-electron chi connectivity index (χ4n) is 4.83. The Balaban J connectivity index is 1.67. The fraction of sp³-hybridized carbons (Fsp3) is 0.417. The number of likely N-dealkylation sites (N-methyl/N-ethyl adjacent to an activating group) is 1. The lowest BCUT2D eigenvalue weighted by Crippen LogP contribution is -2.53. The van der Waals surface area contributed by atoms with Gasteiger partial charge in [-0.2, -0.15) is 13.2 Å². The van der Waals surface area contributed by atoms with Crippen LogP contribution in [0.1, 0.15) is 47.9 Å². The van der Waals surface area contributed by atoms with Crippen molar-refractivity contribution < 1.29 is 18.0 Å². The fourth-order valence-corrected chi connectivity index (χ4v) is 5.72. The molecule has 170 valence electrons. The van der Waals surface area contributed by atoms with Crippen molar-refractivity contribution in [3.63, 3.8) is 0 Å². The third kappa shape index (κ3) is 4.38. The molecule has 1 N–H and O–H groups in total. The third-order valence-electron chi connectivity index (χ3n) is 6.47. The van der Waals surface area contributed by atoms with Crippen molar-refractivity contribution in [1.82, 2.24) is 15.2 Å². The Morgan fingerprint density at radius 2 is 1.91 bits per heavy atom. The van der Waals surface area contributed by atoms with Gasteiger partial charge in [0.2, 0.25) is 5.91 Å². The summed E-state index contributed by atoms with van der Waals surface area (Å²) in [5, 5.41) is 5.73. The minimum absolute atomic E-state index is 0.141. The zero-order valence-electron chi connectivity index (χ0n) is 18.1. The molecule has 1 atom stereocenters. The number of carbonyl (C=O) groups excluding carboxylic acids is 1. The van der Waals surface area contributed by atoms with Gasteiger partial charge in [0.05, 0.1) is 18.0 Å². The number of rotatable bonds is 6. The van der Waals surface area contributed by atoms with E-state index in [0.29, 0.717) is 10.9 Å². The van der Waals surface area contributed by atoms with Gasteiger partial charge in [0, 0.05) is 15.8 Å². The second kappa shape index (κ2) is 8.83. The van der Waals surface area contributed by atoms with Gasteiger partial charge in [-0.25, -0.2) is 4.98 Å². The number of hydrogen-bond donors (Lipinski definition) is 1. The van der Waals surface area contributed by atoms with Crippen LogP contribution in [0.4, 0.5) is 13.2 Å². The number of carbonyl (C=O) groups is 1. The molecular weight excluding hydrogens is 435 g/mol. The molecule has 32 heavy (non-hydrogen) atoms. The summed E-state index contributed by atoms with van der Waals surface area (Å²) in [6.45, 7) is 0. The highest BCUT2D eigenvalue weighted by Gasteiger charge is 2.45. The lowest BCUT2D eigenvalue weighted by Gasteiger charge is -2.43. The highest BCUT2D eigenvalue weighted by molar-refractivity contribution is 7.10. The summed E-state index contributed by atoms with van der Waals surface area (Å²) < 4.78 is 40.2. The van der Waals surface area contributed by atoms with Crippen LogP contribution in [-0.2, 0) is 17.4 Å². The predicted octanol–water partition coefficient (Wildman–Crippen LogP) is 5.59. The van der Waals surface area contributed by atoms with E-state index in [0.717, 1.165) is 36.6 Å². The number of alkyl halides is 3. The Kier molecular flexibility index (Phi) is 6.27. The summed E-state index contributed by atoms with van der Waals surface area (Å²) in [7, 11) is 4.06. The summed E-state index contributed by atoms with van der Waals surface area (Å²) in [4.78, 5) is 20.2. The van der Waals surface area contributed by atoms with E-state index in [1.54, 1.807) is 35.6 Å². The SMILES string of the molecule is CN(C)C1(C(NC(=O)Cc2cc(C(F)(F)F)nc3ccccc23)c2cccs2)CCCC1. The average Bonchev–Trinajstić information content (AvgIpc) is 3.44. The Morgan fingerprint density at radius 1 is 1.19 bits per heavy atom. The van der Waals surface area contributed by atoms with Crippen LogP contribution in [0.5, 0.6) is 0 Å². The van der Waals surface area contributed by atoms with E-state index >= 15 is 0 Å². The largest absolute Gasteiger partial charge is 0.433 e. The molecule has 2 aromatic heterocycles. The van der Waals surface area contributed by atoms with Gasteiger partial charge < -0.3 is 10.2 Å². The summed E-state index contributed by atoms with van der Waals surface area (Å²) in [6.07, 6.45) is -0.636. The molecule has 1 saturated carbocycles. The summed E-state index contributed by atoms with van der Waals surface area (Å²) in [6, 6.07) is 11.4. The molecule has 0 spiro atoms. The number of hydrogen-bond acceptors (Lipinski definition) is 4. The number of halogens is 3. The molecule has 1 fully saturated rings. The Bertz CT molecular complexity index is 1090. The van der Waals surface area contributed by atoms with Crippen molar-refractivity contribution in [2.45, 2.75) is 49.9 Å². The number of para-hydroxylation sites is 1. The second-order valence-corrected chi connectivity index (χ2v) is 9.56. The Labute approximate surface area is 189 Å². The van der Waals surface area contributed by atoms with Gasteiger partial charge in [0.1, 0.15) is 5.69 Å². The maximum atomic E-state index is 13.4. The molecule has 1 aliphatic rings. The highest BCUT2D eigenvalue weighted by Crippen LogP contribution is 2.44. The summed E-state index contributed by atoms with van der Waals surface area (Å²) in [5.74, 6) is -0.291. The van der Waals surface area contributed by atoms with E-state index in [9.17, 15) is 18.0 Å². The van der Waals surface area contributed by atoms with E-state index < -0.39 is 11.9 Å². The zero-order valence-corrected chi connectivity index (χ0v) is 18.9. The molecule has 1 aromatic carbocycles. The highest BCUT2D eigenvalue weighted by atomic mass is 32.1. The molecule has 4 rings (SSSR count). The van der Waals surface area contributed by atoms with Gasteiger partial charge in [0.15, 0.2) is 0 Å². The van der Waals surface area contributed by atoms with Crippen LogP contribution >= 0.6 is 11.3 Å². The number of pyridine rings is 1. The smallest absolute Gasteiger partial charge is 0.346 e. The molecule has 0 saturated heterocycles. The first-order chi connectivity index (χ1) is 15.2. The predicted molar refractivity (Wildman–Crippen MR) is 121 cm³/mol. The summed E-state index contributed by atoms with van der Waals surface area (Å²) in [5.41, 5.74) is -0.622. The van der Waals surface area contributed by atoms with Crippen molar-refractivity contribution in [2.24, 2.45) is 0 Å². The lowest BCUT2D eigenvalue weighted by molar-refractivity contribution is -0.141. The maximum absolute atomic E-state index is 13.4. The molecule has 1 aliphatic carbocycles. The number of benzene rings is 1. The van der Waals surface area contributed by atoms with Crippen molar-refractivity contribution in [3.05, 3.63) is 64.0 Å². The number of fused-ring (bicyclic) bond motifs is 1. The van der Waals surface area contributed by atoms with Crippen LogP contribution in [0, 0.1) is 0 Å². The number of thiophene rings is 1. The molecule has 4 nitrogen and oxygen atoms in total. The van der Waals surface area contributed by atoms with Crippen LogP contribution in [0.3, 0.4) is 0 Å². The summed E-state index contributed by atoms with van der Waals surface area (Å²) >= 11 is 1.59. The zero-order chi connectivity index (χ0) is 22.9. The molecule has 1 amide bonds. The molecule has 0 bridgehead atoms. The monoisotopic (exact) mass is 461 g/mol. The van der Waals surface area contributed by atoms with Crippen LogP contribution in [0.2, 0.25) is 0 Å². The molecular formula is C24H26F3N3OS. The van der Waals surface area contributed by atoms with Gasteiger partial charge in [-0.05, 0) is 56.1 Å². The van der Waals surface area contributed by atoms with Crippen LogP contribution in [0.15, 0.2) is 47.8 Å². The van der Waals surface area contributed by atoms with E-state index in [1.807, 2.05) is 31.6 Å². The molecule has 2 heterocycles. The van der Waals surface area contributed by atoms with E-state index in [-0.39, 0.29) is 29.4 Å². The standard InChI is InChI=1S/C24H26F3N3OS/c1-30(2)23(11-5-6-12-23)22(19-10-7-13-32-19)29-21(31)15-16-14-20(24(25,26)27)28-18-9-4-3-8-17(16)18/h3-4,7-10,13-14,22H,5-6,11-12,15H2,1-2H3,(H,29,31). The number of nitrogens with one attached hydrogen (secondary N) is 1. The molecule has 0 radical (unpaired) electrons. The lowest BCUT2D eigenvalue weighted by atomic mass is 9.85. The number of amides is 1. The number of nitrogens with zero attached hydrogens (tertiary/aromatic N) is 2. The molecule has 8 heteroatoms. The van der Waals surface area contributed by atoms with Gasteiger partial charge in [0.25, 0.3) is 0 Å². The Morgan fingerprint density at radius 3 is 2.53 bits per heavy atom. The molecule has 0 aliphatic heterocycles. The first kappa shape index (κ1) is 22.7. The van der Waals surface area contributed by atoms with Gasteiger partial charge in [-0.1, -0.05) is 37.1 Å². The second-order valence-electron chi connectivity index (χ2n) is 8.58. The minimum atomic E-state index is -4.58. The average molecular weight is 462 g/mol. The van der Waals surface area contributed by atoms with Crippen LogP contribution in [-0.4, -0.2) is 35.4 Å². The van der Waals surface area contributed by atoms with Crippen molar-refractivity contribution >= 4 is 28.1 Å². The van der Waals surface area contributed by atoms with Crippen molar-refractivity contribution in [1.29, 1.82) is 0 Å². The first-order valence-electron chi connectivity index (χ1n) is 10.7. The maximum Gasteiger partial charge on any atom is 0.433 e. The van der Waals surface area contributed by atoms with E-state index in [4.69, 9.17) is 0 Å². The van der Waals surface area contributed by atoms with E-state index in [2.05, 4.69) is 15.2 Å². The minimum Gasteiger partial charge on any atom is -0.346 e. The Hall–Kier alpha value is -2.45. The normalized spacial score (nSPS) is 17.1. The van der Waals surface area contributed by atoms with Crippen molar-refractivity contribution in [3.8, 4) is 0 Å². The van der Waals surface area contributed by atoms with Crippen LogP contribution < -0.4 is 5.32 Å².